The van der Waals surface area contributed by atoms with Gasteiger partial charge in [-0.25, -0.2) is 9.37 Å². The van der Waals surface area contributed by atoms with Crippen LogP contribution in [0.25, 0.3) is 11.1 Å². The highest BCUT2D eigenvalue weighted by atomic mass is 35.5. The fourth-order valence-electron chi connectivity index (χ4n) is 1.35. The van der Waals surface area contributed by atoms with Crippen molar-refractivity contribution in [2.75, 3.05) is 0 Å². The van der Waals surface area contributed by atoms with Gasteiger partial charge in [0, 0.05) is 11.8 Å². The highest BCUT2D eigenvalue weighted by molar-refractivity contribution is 6.43. The molecule has 5 heteroatoms. The van der Waals surface area contributed by atoms with Gasteiger partial charge in [0.2, 0.25) is 5.95 Å². The van der Waals surface area contributed by atoms with Gasteiger partial charge in [0.25, 0.3) is 0 Å². The minimum atomic E-state index is -0.913. The normalized spacial score (nSPS) is 10.5. The topological polar surface area (TPSA) is 12.9 Å². The van der Waals surface area contributed by atoms with E-state index in [4.69, 9.17) is 23.2 Å². The van der Waals surface area contributed by atoms with E-state index < -0.39 is 11.8 Å². The molecule has 82 valence electrons. The molecule has 16 heavy (non-hydrogen) atoms. The Morgan fingerprint density at radius 3 is 2.50 bits per heavy atom. The van der Waals surface area contributed by atoms with E-state index in [-0.39, 0.29) is 21.2 Å². The Bertz CT molecular complexity index is 523. The average molecular weight is 260 g/mol. The maximum absolute atomic E-state index is 13.5. The van der Waals surface area contributed by atoms with Crippen LogP contribution in [-0.4, -0.2) is 4.98 Å². The maximum atomic E-state index is 13.5. The summed E-state index contributed by atoms with van der Waals surface area (Å²) >= 11 is 11.6. The summed E-state index contributed by atoms with van der Waals surface area (Å²) in [6, 6.07) is 5.65. The summed E-state index contributed by atoms with van der Waals surface area (Å²) < 4.78 is 26.9. The second-order valence-electron chi connectivity index (χ2n) is 3.06. The van der Waals surface area contributed by atoms with Crippen molar-refractivity contribution < 1.29 is 8.78 Å². The van der Waals surface area contributed by atoms with E-state index in [9.17, 15) is 8.78 Å². The molecular formula is C11H5Cl2F2N. The monoisotopic (exact) mass is 259 g/mol. The zero-order valence-corrected chi connectivity index (χ0v) is 9.36. The van der Waals surface area contributed by atoms with Crippen molar-refractivity contribution in [1.29, 1.82) is 0 Å². The number of nitrogens with zero attached hydrogens (tertiary/aromatic N) is 1. The van der Waals surface area contributed by atoms with Crippen molar-refractivity contribution in [2.24, 2.45) is 0 Å². The molecule has 0 saturated carbocycles. The van der Waals surface area contributed by atoms with Crippen LogP contribution >= 0.6 is 23.2 Å². The fourth-order valence-corrected chi connectivity index (χ4v) is 1.75. The molecule has 1 aromatic heterocycles. The lowest BCUT2D eigenvalue weighted by atomic mass is 10.1. The summed E-state index contributed by atoms with van der Waals surface area (Å²) in [5, 5.41) is 0.344. The molecule has 0 spiro atoms. The summed E-state index contributed by atoms with van der Waals surface area (Å²) in [5.41, 5.74) is -0.0766. The van der Waals surface area contributed by atoms with Crippen LogP contribution in [-0.2, 0) is 0 Å². The van der Waals surface area contributed by atoms with Crippen molar-refractivity contribution in [2.45, 2.75) is 0 Å². The molecule has 0 atom stereocenters. The van der Waals surface area contributed by atoms with Gasteiger partial charge in [-0.1, -0.05) is 35.3 Å². The minimum Gasteiger partial charge on any atom is -0.228 e. The smallest absolute Gasteiger partial charge is 0.223 e. The summed E-state index contributed by atoms with van der Waals surface area (Å²) in [6.07, 6.45) is 1.05. The molecule has 1 aromatic carbocycles. The molecule has 0 unspecified atom stereocenters. The van der Waals surface area contributed by atoms with Gasteiger partial charge in [-0.2, -0.15) is 4.39 Å². The largest absolute Gasteiger partial charge is 0.228 e. The Balaban J connectivity index is 2.73. The highest BCUT2D eigenvalue weighted by Crippen LogP contribution is 2.35. The summed E-state index contributed by atoms with van der Waals surface area (Å²) in [6.45, 7) is 0. The maximum Gasteiger partial charge on any atom is 0.223 e. The zero-order valence-electron chi connectivity index (χ0n) is 7.85. The van der Waals surface area contributed by atoms with Crippen molar-refractivity contribution in [3.05, 3.63) is 52.3 Å². The fraction of sp³-hybridized carbons (Fsp3) is 0. The molecule has 0 aliphatic heterocycles. The Kier molecular flexibility index (Phi) is 3.08. The van der Waals surface area contributed by atoms with Crippen LogP contribution < -0.4 is 0 Å². The molecule has 2 rings (SSSR count). The number of hydrogen-bond donors (Lipinski definition) is 0. The number of halogens is 4. The van der Waals surface area contributed by atoms with E-state index in [1.54, 1.807) is 12.1 Å². The van der Waals surface area contributed by atoms with E-state index in [0.717, 1.165) is 12.3 Å². The molecule has 0 N–H and O–H groups in total. The molecule has 0 amide bonds. The number of aromatic nitrogens is 1. The van der Waals surface area contributed by atoms with Crippen LogP contribution in [0.1, 0.15) is 0 Å². The summed E-state index contributed by atoms with van der Waals surface area (Å²) in [7, 11) is 0. The standard InChI is InChI=1S/C11H5Cl2F2N/c12-7-3-1-2-6(10(7)13)9-8(14)4-5-16-11(9)15/h1-5H. The second kappa shape index (κ2) is 4.36. The van der Waals surface area contributed by atoms with Crippen LogP contribution in [0.4, 0.5) is 8.78 Å². The first-order chi connectivity index (χ1) is 7.61. The predicted molar refractivity (Wildman–Crippen MR) is 59.6 cm³/mol. The number of pyridine rings is 1. The van der Waals surface area contributed by atoms with E-state index in [1.807, 2.05) is 0 Å². The van der Waals surface area contributed by atoms with Crippen LogP contribution in [0.2, 0.25) is 10.0 Å². The average Bonchev–Trinajstić information content (AvgIpc) is 2.24. The third kappa shape index (κ3) is 1.88. The minimum absolute atomic E-state index is 0.106. The lowest BCUT2D eigenvalue weighted by Gasteiger charge is -2.07. The lowest BCUT2D eigenvalue weighted by molar-refractivity contribution is 0.558. The van der Waals surface area contributed by atoms with Gasteiger partial charge in [-0.15, -0.1) is 0 Å². The lowest BCUT2D eigenvalue weighted by Crippen LogP contribution is -1.93. The Morgan fingerprint density at radius 2 is 1.81 bits per heavy atom. The number of rotatable bonds is 1. The molecular weight excluding hydrogens is 255 g/mol. The van der Waals surface area contributed by atoms with Crippen LogP contribution in [0.5, 0.6) is 0 Å². The quantitative estimate of drug-likeness (QED) is 0.695. The number of benzene rings is 1. The molecule has 0 radical (unpaired) electrons. The van der Waals surface area contributed by atoms with Gasteiger partial charge in [-0.3, -0.25) is 0 Å². The molecule has 1 heterocycles. The Hall–Kier alpha value is -1.19. The van der Waals surface area contributed by atoms with Gasteiger partial charge < -0.3 is 0 Å². The summed E-state index contributed by atoms with van der Waals surface area (Å²) in [4.78, 5) is 3.38. The predicted octanol–water partition coefficient (Wildman–Crippen LogP) is 4.33. The van der Waals surface area contributed by atoms with E-state index in [0.29, 0.717) is 0 Å². The molecule has 1 nitrogen and oxygen atoms in total. The van der Waals surface area contributed by atoms with Gasteiger partial charge in [-0.05, 0) is 12.1 Å². The first-order valence-electron chi connectivity index (χ1n) is 4.35. The van der Waals surface area contributed by atoms with E-state index in [2.05, 4.69) is 4.98 Å². The first kappa shape index (κ1) is 11.3. The highest BCUT2D eigenvalue weighted by Gasteiger charge is 2.16. The second-order valence-corrected chi connectivity index (χ2v) is 3.85. The van der Waals surface area contributed by atoms with E-state index in [1.165, 1.54) is 6.07 Å². The van der Waals surface area contributed by atoms with Gasteiger partial charge in [0.15, 0.2) is 0 Å². The van der Waals surface area contributed by atoms with Gasteiger partial charge >= 0.3 is 0 Å². The molecule has 0 aliphatic rings. The Morgan fingerprint density at radius 1 is 1.06 bits per heavy atom. The van der Waals surface area contributed by atoms with Crippen molar-refractivity contribution in [3.8, 4) is 11.1 Å². The third-order valence-corrected chi connectivity index (χ3v) is 2.89. The Labute approximate surface area is 101 Å². The third-order valence-electron chi connectivity index (χ3n) is 2.07. The molecule has 0 fully saturated rings. The summed E-state index contributed by atoms with van der Waals surface area (Å²) in [5.74, 6) is -1.64. The van der Waals surface area contributed by atoms with Crippen LogP contribution in [0.3, 0.4) is 0 Å². The van der Waals surface area contributed by atoms with Crippen molar-refractivity contribution in [1.82, 2.24) is 4.98 Å². The SMILES string of the molecule is Fc1ccnc(F)c1-c1cccc(Cl)c1Cl. The van der Waals surface area contributed by atoms with Crippen molar-refractivity contribution >= 4 is 23.2 Å². The van der Waals surface area contributed by atoms with Crippen molar-refractivity contribution in [3.63, 3.8) is 0 Å². The zero-order chi connectivity index (χ0) is 11.7. The molecule has 0 bridgehead atoms. The first-order valence-corrected chi connectivity index (χ1v) is 5.11. The molecule has 2 aromatic rings. The van der Waals surface area contributed by atoms with Gasteiger partial charge in [0.1, 0.15) is 5.82 Å². The van der Waals surface area contributed by atoms with Crippen LogP contribution in [0, 0.1) is 11.8 Å². The number of hydrogen-bond acceptors (Lipinski definition) is 1. The molecule has 0 aliphatic carbocycles. The van der Waals surface area contributed by atoms with Crippen LogP contribution in [0.15, 0.2) is 30.5 Å². The van der Waals surface area contributed by atoms with E-state index >= 15 is 0 Å². The van der Waals surface area contributed by atoms with Gasteiger partial charge in [0.05, 0.1) is 15.6 Å². The molecule has 0 saturated heterocycles.